The fourth-order valence-electron chi connectivity index (χ4n) is 4.21. The van der Waals surface area contributed by atoms with Crippen LogP contribution in [0.15, 0.2) is 18.2 Å². The summed E-state index contributed by atoms with van der Waals surface area (Å²) < 4.78 is 2.53. The zero-order valence-corrected chi connectivity index (χ0v) is 13.2. The second-order valence-corrected chi connectivity index (χ2v) is 6.28. The van der Waals surface area contributed by atoms with E-state index in [0.29, 0.717) is 0 Å². The van der Waals surface area contributed by atoms with E-state index in [0.717, 1.165) is 12.8 Å². The van der Waals surface area contributed by atoms with E-state index in [2.05, 4.69) is 62.6 Å². The maximum Gasteiger partial charge on any atom is 0.0532 e. The van der Waals surface area contributed by atoms with Gasteiger partial charge >= 0.3 is 0 Å². The molecular formula is C20H21N. The van der Waals surface area contributed by atoms with Crippen LogP contribution in [0.25, 0.3) is 29.0 Å². The molecule has 0 bridgehead atoms. The summed E-state index contributed by atoms with van der Waals surface area (Å²) in [5.41, 5.74) is 7.38. The smallest absolute Gasteiger partial charge is 0.0532 e. The average Bonchev–Trinajstić information content (AvgIpc) is 2.82. The highest BCUT2D eigenvalue weighted by Crippen LogP contribution is 2.27. The summed E-state index contributed by atoms with van der Waals surface area (Å²) >= 11 is 0. The SMILES string of the molecule is C/C=c1\c2n3c(\c1=C/C)=C(C)Cc1cccc(c1-3)CC=2C. The van der Waals surface area contributed by atoms with E-state index in [1.807, 2.05) is 0 Å². The molecule has 0 unspecified atom stereocenters. The van der Waals surface area contributed by atoms with Crippen LogP contribution in [0.2, 0.25) is 0 Å². The molecule has 0 saturated heterocycles. The molecule has 0 atom stereocenters. The topological polar surface area (TPSA) is 4.93 Å². The number of rotatable bonds is 0. The van der Waals surface area contributed by atoms with Gasteiger partial charge in [0.25, 0.3) is 0 Å². The first-order valence-electron chi connectivity index (χ1n) is 7.81. The second kappa shape index (κ2) is 4.24. The predicted molar refractivity (Wildman–Crippen MR) is 90.1 cm³/mol. The maximum atomic E-state index is 2.53. The van der Waals surface area contributed by atoms with Crippen LogP contribution in [-0.4, -0.2) is 4.57 Å². The zero-order chi connectivity index (χ0) is 14.7. The van der Waals surface area contributed by atoms with Crippen molar-refractivity contribution in [3.05, 3.63) is 50.5 Å². The molecular weight excluding hydrogens is 254 g/mol. The first kappa shape index (κ1) is 12.7. The fraction of sp³-hybridized carbons (Fsp3) is 0.300. The molecule has 106 valence electrons. The van der Waals surface area contributed by atoms with Gasteiger partial charge in [0.15, 0.2) is 0 Å². The highest BCUT2D eigenvalue weighted by Gasteiger charge is 2.23. The van der Waals surface area contributed by atoms with Gasteiger partial charge in [0, 0.05) is 10.4 Å². The Hall–Kier alpha value is -2.02. The van der Waals surface area contributed by atoms with E-state index in [4.69, 9.17) is 0 Å². The minimum absolute atomic E-state index is 1.08. The molecule has 0 saturated carbocycles. The molecule has 4 rings (SSSR count). The largest absolute Gasteiger partial charge is 0.309 e. The van der Waals surface area contributed by atoms with Crippen molar-refractivity contribution in [2.24, 2.45) is 0 Å². The molecule has 0 radical (unpaired) electrons. The van der Waals surface area contributed by atoms with E-state index in [-0.39, 0.29) is 0 Å². The first-order valence-corrected chi connectivity index (χ1v) is 7.81. The highest BCUT2D eigenvalue weighted by atomic mass is 15.0. The molecule has 1 aromatic carbocycles. The number of para-hydroxylation sites is 1. The van der Waals surface area contributed by atoms with Crippen molar-refractivity contribution in [3.8, 4) is 5.69 Å². The van der Waals surface area contributed by atoms with Crippen molar-refractivity contribution in [2.75, 3.05) is 0 Å². The Morgan fingerprint density at radius 1 is 0.857 bits per heavy atom. The Kier molecular flexibility index (Phi) is 2.56. The molecule has 1 heteroatoms. The van der Waals surface area contributed by atoms with Gasteiger partial charge in [-0.15, -0.1) is 0 Å². The average molecular weight is 275 g/mol. The molecule has 0 aliphatic carbocycles. The third-order valence-electron chi connectivity index (χ3n) is 4.97. The predicted octanol–water partition coefficient (Wildman–Crippen LogP) is 1.53. The van der Waals surface area contributed by atoms with Crippen LogP contribution in [0.4, 0.5) is 0 Å². The molecule has 0 amide bonds. The summed E-state index contributed by atoms with van der Waals surface area (Å²) in [6, 6.07) is 6.80. The van der Waals surface area contributed by atoms with Crippen molar-refractivity contribution in [1.29, 1.82) is 0 Å². The number of hydrogen-bond acceptors (Lipinski definition) is 0. The molecule has 1 nitrogen and oxygen atoms in total. The first-order chi connectivity index (χ1) is 10.2. The van der Waals surface area contributed by atoms with E-state index in [9.17, 15) is 0 Å². The van der Waals surface area contributed by atoms with Crippen LogP contribution in [-0.2, 0) is 12.8 Å². The van der Waals surface area contributed by atoms with Gasteiger partial charge in [-0.05, 0) is 62.8 Å². The van der Waals surface area contributed by atoms with Crippen LogP contribution < -0.4 is 21.1 Å². The Morgan fingerprint density at radius 3 is 1.76 bits per heavy atom. The van der Waals surface area contributed by atoms with Crippen molar-refractivity contribution < 1.29 is 0 Å². The number of aromatic nitrogens is 1. The molecule has 2 aromatic rings. The number of hydrogen-bond donors (Lipinski definition) is 0. The lowest BCUT2D eigenvalue weighted by Crippen LogP contribution is -2.39. The maximum absolute atomic E-state index is 2.53. The third kappa shape index (κ3) is 1.47. The van der Waals surface area contributed by atoms with Gasteiger partial charge in [0.2, 0.25) is 0 Å². The standard InChI is InChI=1S/C20H21N/c1-5-16-17(6-2)19-13(4)11-15-9-7-8-14-10-12(3)18(16)21(19)20(14)15/h5-9H,10-11H2,1-4H3/b16-5-,17-6-. The Labute approximate surface area is 125 Å². The summed E-state index contributed by atoms with van der Waals surface area (Å²) in [6.45, 7) is 8.90. The van der Waals surface area contributed by atoms with E-state index < -0.39 is 0 Å². The van der Waals surface area contributed by atoms with Crippen LogP contribution in [0.5, 0.6) is 0 Å². The molecule has 0 spiro atoms. The highest BCUT2D eigenvalue weighted by molar-refractivity contribution is 5.67. The molecule has 3 heterocycles. The summed E-state index contributed by atoms with van der Waals surface area (Å²) in [6.07, 6.45) is 6.71. The monoisotopic (exact) mass is 275 g/mol. The van der Waals surface area contributed by atoms with Gasteiger partial charge < -0.3 is 4.57 Å². The fourth-order valence-corrected chi connectivity index (χ4v) is 4.21. The van der Waals surface area contributed by atoms with Gasteiger partial charge in [-0.25, -0.2) is 0 Å². The molecule has 0 N–H and O–H groups in total. The Bertz CT molecular complexity index is 936. The molecule has 2 aliphatic rings. The Morgan fingerprint density at radius 2 is 1.33 bits per heavy atom. The second-order valence-electron chi connectivity index (χ2n) is 6.28. The lowest BCUT2D eigenvalue weighted by Gasteiger charge is -2.25. The van der Waals surface area contributed by atoms with E-state index in [1.54, 1.807) is 0 Å². The van der Waals surface area contributed by atoms with E-state index >= 15 is 0 Å². The van der Waals surface area contributed by atoms with Crippen LogP contribution in [0.3, 0.4) is 0 Å². The van der Waals surface area contributed by atoms with Crippen molar-refractivity contribution in [3.63, 3.8) is 0 Å². The summed E-state index contributed by atoms with van der Waals surface area (Å²) in [5.74, 6) is 0. The normalized spacial score (nSPS) is 17.5. The molecule has 0 fully saturated rings. The van der Waals surface area contributed by atoms with Gasteiger partial charge in [-0.3, -0.25) is 0 Å². The van der Waals surface area contributed by atoms with Crippen molar-refractivity contribution in [1.82, 2.24) is 4.57 Å². The quantitative estimate of drug-likeness (QED) is 0.687. The number of benzene rings is 1. The lowest BCUT2D eigenvalue weighted by atomic mass is 9.92. The number of nitrogens with zero attached hydrogens (tertiary/aromatic N) is 1. The molecule has 21 heavy (non-hydrogen) atoms. The van der Waals surface area contributed by atoms with Gasteiger partial charge in [-0.1, -0.05) is 30.4 Å². The van der Waals surface area contributed by atoms with Gasteiger partial charge in [-0.2, -0.15) is 0 Å². The minimum atomic E-state index is 1.08. The molecule has 1 aromatic heterocycles. The van der Waals surface area contributed by atoms with Crippen LogP contribution in [0.1, 0.15) is 38.8 Å². The van der Waals surface area contributed by atoms with Crippen molar-refractivity contribution in [2.45, 2.75) is 40.5 Å². The lowest BCUT2D eigenvalue weighted by molar-refractivity contribution is 0.879. The summed E-state index contributed by atoms with van der Waals surface area (Å²) in [7, 11) is 0. The zero-order valence-electron chi connectivity index (χ0n) is 13.2. The third-order valence-corrected chi connectivity index (χ3v) is 4.97. The summed E-state index contributed by atoms with van der Waals surface area (Å²) in [5, 5.41) is 5.68. The van der Waals surface area contributed by atoms with Gasteiger partial charge in [0.05, 0.1) is 16.4 Å². The summed E-state index contributed by atoms with van der Waals surface area (Å²) in [4.78, 5) is 0. The molecule has 2 aliphatic heterocycles. The Balaban J connectivity index is 2.44. The van der Waals surface area contributed by atoms with Crippen molar-refractivity contribution >= 4 is 23.3 Å². The van der Waals surface area contributed by atoms with Crippen LogP contribution >= 0.6 is 0 Å². The van der Waals surface area contributed by atoms with Crippen LogP contribution in [0, 0.1) is 0 Å². The minimum Gasteiger partial charge on any atom is -0.309 e. The van der Waals surface area contributed by atoms with E-state index in [1.165, 1.54) is 49.1 Å². The van der Waals surface area contributed by atoms with Gasteiger partial charge in [0.1, 0.15) is 0 Å².